The Balaban J connectivity index is -0.0000000215. The fourth-order valence-electron chi connectivity index (χ4n) is 0.0577. The standard InChI is InChI=1S/C3H8O3.2Na.H3O4P.2H2O/c4-1-3(6)2-5;;;1-5(2,3)4;;/h3-6H,1-2H2;;;(H3,1,2,3,4);2*1H2/q;2*+1;;;/p-2. The Labute approximate surface area is 131 Å². The van der Waals surface area contributed by atoms with Gasteiger partial charge in [0.25, 0.3) is 0 Å². The van der Waals surface area contributed by atoms with Gasteiger partial charge in [-0.3, -0.25) is 0 Å². The summed E-state index contributed by atoms with van der Waals surface area (Å²) in [5.74, 6) is 0. The summed E-state index contributed by atoms with van der Waals surface area (Å²) in [6.07, 6.45) is -0.954. The first-order valence-electron chi connectivity index (χ1n) is 2.45. The number of rotatable bonds is 2. The molecule has 0 radical (unpaired) electrons. The molecule has 0 rings (SSSR count). The second-order valence-electron chi connectivity index (χ2n) is 1.49. The second kappa shape index (κ2) is 21.2. The van der Waals surface area contributed by atoms with E-state index in [-0.39, 0.29) is 83.3 Å². The second-order valence-corrected chi connectivity index (χ2v) is 2.42. The molecule has 8 N–H and O–H groups in total. The fraction of sp³-hybridized carbons (Fsp3) is 1.00. The first-order valence-corrected chi connectivity index (χ1v) is 3.95. The van der Waals surface area contributed by atoms with Gasteiger partial charge in [-0.25, -0.2) is 0 Å². The van der Waals surface area contributed by atoms with Crippen molar-refractivity contribution in [3.63, 3.8) is 0 Å². The third-order valence-electron chi connectivity index (χ3n) is 0.421. The predicted octanol–water partition coefficient (Wildman–Crippen LogP) is -11.5. The molecule has 0 aliphatic rings. The third kappa shape index (κ3) is 88.1. The number of hydrogen-bond donors (Lipinski definition) is 4. The summed E-state index contributed by atoms with van der Waals surface area (Å²) in [7, 11) is -5.14. The Bertz CT molecular complexity index is 116. The van der Waals surface area contributed by atoms with E-state index in [4.69, 9.17) is 34.6 Å². The van der Waals surface area contributed by atoms with Crippen molar-refractivity contribution in [1.29, 1.82) is 0 Å². The van der Waals surface area contributed by atoms with Crippen molar-refractivity contribution in [2.75, 3.05) is 13.2 Å². The van der Waals surface area contributed by atoms with E-state index in [9.17, 15) is 0 Å². The molecule has 0 aliphatic heterocycles. The molecule has 0 fully saturated rings. The molecular formula is C3H13Na2O9P. The summed E-state index contributed by atoms with van der Waals surface area (Å²) in [5, 5.41) is 24.0. The fourth-order valence-corrected chi connectivity index (χ4v) is 0.0577. The molecular weight excluding hydrogens is 257 g/mol. The molecule has 0 aromatic carbocycles. The first-order chi connectivity index (χ1) is 4.81. The average molecular weight is 270 g/mol. The molecule has 9 nitrogen and oxygen atoms in total. The Hall–Kier alpha value is 1.91. The van der Waals surface area contributed by atoms with Crippen molar-refractivity contribution in [3.8, 4) is 0 Å². The summed E-state index contributed by atoms with van der Waals surface area (Å²) >= 11 is 0. The zero-order chi connectivity index (χ0) is 9.49. The summed E-state index contributed by atoms with van der Waals surface area (Å²) in [4.78, 5) is 24.3. The summed E-state index contributed by atoms with van der Waals surface area (Å²) in [6, 6.07) is 0. The van der Waals surface area contributed by atoms with Crippen LogP contribution in [0, 0.1) is 0 Å². The van der Waals surface area contributed by atoms with Gasteiger partial charge in [-0.1, -0.05) is 0 Å². The number of phosphoric acid groups is 1. The van der Waals surface area contributed by atoms with Gasteiger partial charge in [-0.2, -0.15) is 0 Å². The van der Waals surface area contributed by atoms with E-state index >= 15 is 0 Å². The van der Waals surface area contributed by atoms with Crippen LogP contribution in [0.2, 0.25) is 0 Å². The van der Waals surface area contributed by atoms with Crippen LogP contribution >= 0.6 is 7.82 Å². The van der Waals surface area contributed by atoms with E-state index in [1.807, 2.05) is 0 Å². The number of hydrogen-bond acceptors (Lipinski definition) is 6. The average Bonchev–Trinajstić information content (AvgIpc) is 1.83. The van der Waals surface area contributed by atoms with Gasteiger partial charge in [0.1, 0.15) is 6.10 Å². The molecule has 0 saturated carbocycles. The maximum atomic E-state index is 8.66. The minimum Gasteiger partial charge on any atom is -0.790 e. The Morgan fingerprint density at radius 2 is 1.20 bits per heavy atom. The Morgan fingerprint density at radius 3 is 1.20 bits per heavy atom. The third-order valence-corrected chi connectivity index (χ3v) is 0.421. The van der Waals surface area contributed by atoms with E-state index in [1.165, 1.54) is 0 Å². The van der Waals surface area contributed by atoms with Crippen molar-refractivity contribution in [2.45, 2.75) is 6.10 Å². The Morgan fingerprint density at radius 1 is 1.07 bits per heavy atom. The SMILES string of the molecule is O.O.O=P([O-])([O-])O.OCC(O)CO.[Na+].[Na+]. The van der Waals surface area contributed by atoms with Crippen LogP contribution in [0.3, 0.4) is 0 Å². The normalized spacial score (nSPS) is 7.93. The summed E-state index contributed by atoms with van der Waals surface area (Å²) in [6.45, 7) is -0.729. The topological polar surface area (TPSA) is 207 Å². The van der Waals surface area contributed by atoms with Gasteiger partial charge in [-0.15, -0.1) is 0 Å². The number of aliphatic hydroxyl groups excluding tert-OH is 3. The molecule has 12 heteroatoms. The summed E-state index contributed by atoms with van der Waals surface area (Å²) in [5.41, 5.74) is 0. The zero-order valence-corrected chi connectivity index (χ0v) is 13.3. The first kappa shape index (κ1) is 36.0. The zero-order valence-electron chi connectivity index (χ0n) is 8.45. The predicted molar refractivity (Wildman–Crippen MR) is 37.2 cm³/mol. The molecule has 0 spiro atoms. The van der Waals surface area contributed by atoms with Crippen LogP contribution < -0.4 is 68.9 Å². The van der Waals surface area contributed by atoms with E-state index in [2.05, 4.69) is 0 Å². The van der Waals surface area contributed by atoms with Crippen LogP contribution in [0.5, 0.6) is 0 Å². The minimum atomic E-state index is -5.14. The van der Waals surface area contributed by atoms with E-state index in [0.717, 1.165) is 0 Å². The van der Waals surface area contributed by atoms with Crippen molar-refractivity contribution in [1.82, 2.24) is 0 Å². The molecule has 0 saturated heterocycles. The molecule has 0 aromatic rings. The van der Waals surface area contributed by atoms with Gasteiger partial charge in [0, 0.05) is 0 Å². The molecule has 0 bridgehead atoms. The van der Waals surface area contributed by atoms with Crippen molar-refractivity contribution in [3.05, 3.63) is 0 Å². The van der Waals surface area contributed by atoms with Crippen molar-refractivity contribution < 1.29 is 105 Å². The molecule has 0 heterocycles. The van der Waals surface area contributed by atoms with Crippen LogP contribution in [0.15, 0.2) is 0 Å². The molecule has 0 aromatic heterocycles. The monoisotopic (exact) mass is 270 g/mol. The van der Waals surface area contributed by atoms with Crippen molar-refractivity contribution >= 4 is 7.82 Å². The van der Waals surface area contributed by atoms with E-state index in [0.29, 0.717) is 0 Å². The number of aliphatic hydroxyl groups is 3. The van der Waals surface area contributed by atoms with Gasteiger partial charge in [0.15, 0.2) is 0 Å². The van der Waals surface area contributed by atoms with Crippen LogP contribution in [-0.4, -0.2) is 50.5 Å². The van der Waals surface area contributed by atoms with Gasteiger partial charge in [0.05, 0.1) is 21.0 Å². The molecule has 86 valence electrons. The van der Waals surface area contributed by atoms with Crippen LogP contribution in [0.25, 0.3) is 0 Å². The molecule has 0 atom stereocenters. The van der Waals surface area contributed by atoms with Gasteiger partial charge < -0.3 is 45.5 Å². The van der Waals surface area contributed by atoms with Crippen LogP contribution in [0.1, 0.15) is 0 Å². The van der Waals surface area contributed by atoms with Crippen molar-refractivity contribution in [2.24, 2.45) is 0 Å². The quantitative estimate of drug-likeness (QED) is 0.281. The molecule has 0 unspecified atom stereocenters. The smallest absolute Gasteiger partial charge is 0.790 e. The summed E-state index contributed by atoms with van der Waals surface area (Å²) < 4.78 is 8.66. The Kier molecular flexibility index (Phi) is 50.9. The van der Waals surface area contributed by atoms with Gasteiger partial charge in [0.2, 0.25) is 0 Å². The van der Waals surface area contributed by atoms with Gasteiger partial charge >= 0.3 is 59.1 Å². The molecule has 0 aliphatic carbocycles. The van der Waals surface area contributed by atoms with Gasteiger partial charge in [-0.05, 0) is 0 Å². The largest absolute Gasteiger partial charge is 1.00 e. The minimum absolute atomic E-state index is 0. The molecule has 0 amide bonds. The van der Waals surface area contributed by atoms with E-state index < -0.39 is 13.9 Å². The van der Waals surface area contributed by atoms with Crippen LogP contribution in [0.4, 0.5) is 0 Å². The maximum absolute atomic E-state index is 8.66. The van der Waals surface area contributed by atoms with Crippen LogP contribution in [-0.2, 0) is 4.57 Å². The molecule has 15 heavy (non-hydrogen) atoms. The maximum Gasteiger partial charge on any atom is 1.00 e. The van der Waals surface area contributed by atoms with E-state index in [1.54, 1.807) is 0 Å².